The Morgan fingerprint density at radius 3 is 2.75 bits per heavy atom. The minimum atomic E-state index is -0.658. The first-order valence-corrected chi connectivity index (χ1v) is 6.03. The van der Waals surface area contributed by atoms with Crippen molar-refractivity contribution in [2.75, 3.05) is 11.9 Å². The molecule has 3 N–H and O–H groups in total. The van der Waals surface area contributed by atoms with Gasteiger partial charge in [0, 0.05) is 24.5 Å². The largest absolute Gasteiger partial charge is 0.357 e. The quantitative estimate of drug-likeness (QED) is 0.651. The third kappa shape index (κ3) is 1.99. The van der Waals surface area contributed by atoms with Gasteiger partial charge in [0.1, 0.15) is 0 Å². The van der Waals surface area contributed by atoms with E-state index in [1.165, 1.54) is 10.6 Å². The van der Waals surface area contributed by atoms with Gasteiger partial charge in [0.2, 0.25) is 5.91 Å². The highest BCUT2D eigenvalue weighted by Crippen LogP contribution is 2.17. The van der Waals surface area contributed by atoms with E-state index in [2.05, 4.69) is 15.6 Å². The van der Waals surface area contributed by atoms with E-state index in [0.717, 1.165) is 11.4 Å². The lowest BCUT2D eigenvalue weighted by molar-refractivity contribution is -0.115. The molecule has 0 saturated heterocycles. The summed E-state index contributed by atoms with van der Waals surface area (Å²) in [6.45, 7) is 0.445. The predicted octanol–water partition coefficient (Wildman–Crippen LogP) is -0.348. The molecule has 0 aliphatic carbocycles. The molecule has 1 amide bonds. The van der Waals surface area contributed by atoms with Crippen LogP contribution in [0.4, 0.5) is 5.69 Å². The summed E-state index contributed by atoms with van der Waals surface area (Å²) in [5, 5.41) is 5.74. The number of anilines is 1. The molecule has 1 aliphatic heterocycles. The summed E-state index contributed by atoms with van der Waals surface area (Å²) in [6.07, 6.45) is 1.48. The normalized spacial score (nSPS) is 14.2. The van der Waals surface area contributed by atoms with Gasteiger partial charge >= 0.3 is 11.1 Å². The van der Waals surface area contributed by atoms with Crippen molar-refractivity contribution in [2.45, 2.75) is 0 Å². The predicted molar refractivity (Wildman–Crippen MR) is 74.5 cm³/mol. The molecule has 20 heavy (non-hydrogen) atoms. The fourth-order valence-corrected chi connectivity index (χ4v) is 2.15. The topological polar surface area (TPSA) is 96.0 Å². The molecule has 7 nitrogen and oxygen atoms in total. The second kappa shape index (κ2) is 4.37. The molecule has 0 spiro atoms. The van der Waals surface area contributed by atoms with Crippen LogP contribution in [0.1, 0.15) is 0 Å². The van der Waals surface area contributed by atoms with Gasteiger partial charge in [-0.15, -0.1) is 0 Å². The van der Waals surface area contributed by atoms with Crippen molar-refractivity contribution < 1.29 is 4.79 Å². The van der Waals surface area contributed by atoms with Crippen molar-refractivity contribution in [1.29, 1.82) is 0 Å². The molecule has 2 heterocycles. The first-order chi connectivity index (χ1) is 9.54. The van der Waals surface area contributed by atoms with Gasteiger partial charge in [-0.1, -0.05) is 0 Å². The SMILES string of the molecule is Cn1c(=O)c(=O)[nH]c2cc(NC3=CC(=O)NC3)ccc21. The van der Waals surface area contributed by atoms with E-state index in [1.807, 2.05) is 0 Å². The van der Waals surface area contributed by atoms with Crippen LogP contribution in [0.5, 0.6) is 0 Å². The fraction of sp³-hybridized carbons (Fsp3) is 0.154. The monoisotopic (exact) mass is 272 g/mol. The molecule has 1 aliphatic rings. The van der Waals surface area contributed by atoms with E-state index < -0.39 is 11.1 Å². The maximum atomic E-state index is 11.5. The van der Waals surface area contributed by atoms with Gasteiger partial charge in [-0.3, -0.25) is 14.4 Å². The number of hydrogen-bond acceptors (Lipinski definition) is 4. The van der Waals surface area contributed by atoms with Crippen molar-refractivity contribution >= 4 is 22.6 Å². The van der Waals surface area contributed by atoms with Gasteiger partial charge < -0.3 is 20.2 Å². The number of carbonyl (C=O) groups excluding carboxylic acids is 1. The lowest BCUT2D eigenvalue weighted by Crippen LogP contribution is -2.34. The Morgan fingerprint density at radius 1 is 1.25 bits per heavy atom. The average molecular weight is 272 g/mol. The Hall–Kier alpha value is -2.83. The first kappa shape index (κ1) is 12.2. The van der Waals surface area contributed by atoms with Gasteiger partial charge in [0.05, 0.1) is 17.6 Å². The number of H-pyrrole nitrogens is 1. The molecule has 2 aromatic rings. The Labute approximate surface area is 112 Å². The van der Waals surface area contributed by atoms with Crippen LogP contribution >= 0.6 is 0 Å². The Morgan fingerprint density at radius 2 is 2.05 bits per heavy atom. The van der Waals surface area contributed by atoms with Crippen molar-refractivity contribution in [3.05, 3.63) is 50.7 Å². The fourth-order valence-electron chi connectivity index (χ4n) is 2.15. The Balaban J connectivity index is 2.05. The third-order valence-corrected chi connectivity index (χ3v) is 3.17. The second-order valence-electron chi connectivity index (χ2n) is 4.56. The van der Waals surface area contributed by atoms with Crippen LogP contribution in [0.15, 0.2) is 39.6 Å². The summed E-state index contributed by atoms with van der Waals surface area (Å²) in [6, 6.07) is 5.24. The summed E-state index contributed by atoms with van der Waals surface area (Å²) in [5.74, 6) is -0.135. The number of nitrogens with one attached hydrogen (secondary N) is 3. The van der Waals surface area contributed by atoms with E-state index >= 15 is 0 Å². The summed E-state index contributed by atoms with van der Waals surface area (Å²) < 4.78 is 1.30. The zero-order valence-electron chi connectivity index (χ0n) is 10.7. The minimum Gasteiger partial charge on any atom is -0.357 e. The maximum absolute atomic E-state index is 11.5. The molecular weight excluding hydrogens is 260 g/mol. The number of fused-ring (bicyclic) bond motifs is 1. The van der Waals surface area contributed by atoms with Gasteiger partial charge in [0.15, 0.2) is 0 Å². The lowest BCUT2D eigenvalue weighted by atomic mass is 10.2. The molecule has 7 heteroatoms. The number of aromatic amines is 1. The molecule has 0 atom stereocenters. The van der Waals surface area contributed by atoms with Crippen molar-refractivity contribution in [3.63, 3.8) is 0 Å². The summed E-state index contributed by atoms with van der Waals surface area (Å²) in [7, 11) is 1.55. The summed E-state index contributed by atoms with van der Waals surface area (Å²) >= 11 is 0. The van der Waals surface area contributed by atoms with Gasteiger partial charge in [-0.25, -0.2) is 0 Å². The van der Waals surface area contributed by atoms with Crippen molar-refractivity contribution in [2.24, 2.45) is 7.05 Å². The average Bonchev–Trinajstić information content (AvgIpc) is 2.81. The van der Waals surface area contributed by atoms with Gasteiger partial charge in [0.25, 0.3) is 0 Å². The molecular formula is C13H12N4O3. The van der Waals surface area contributed by atoms with E-state index in [1.54, 1.807) is 25.2 Å². The van der Waals surface area contributed by atoms with Crippen LogP contribution in [0.3, 0.4) is 0 Å². The van der Waals surface area contributed by atoms with Crippen LogP contribution in [0.25, 0.3) is 11.0 Å². The molecule has 1 aromatic carbocycles. The standard InChI is InChI=1S/C13H12N4O3/c1-17-10-3-2-7(15-8-5-11(18)14-6-8)4-9(10)16-12(19)13(17)20/h2-5,15H,6H2,1H3,(H,14,18)(H,16,19). The Bertz CT molecular complexity index is 860. The minimum absolute atomic E-state index is 0.135. The number of carbonyl (C=O) groups is 1. The highest BCUT2D eigenvalue weighted by atomic mass is 16.2. The second-order valence-corrected chi connectivity index (χ2v) is 4.56. The Kier molecular flexibility index (Phi) is 2.67. The number of nitrogens with zero attached hydrogens (tertiary/aromatic N) is 1. The molecule has 0 fully saturated rings. The van der Waals surface area contributed by atoms with E-state index in [4.69, 9.17) is 0 Å². The molecule has 102 valence electrons. The number of aromatic nitrogens is 2. The van der Waals surface area contributed by atoms with E-state index in [-0.39, 0.29) is 5.91 Å². The number of aryl methyl sites for hydroxylation is 1. The molecule has 0 saturated carbocycles. The van der Waals surface area contributed by atoms with Gasteiger partial charge in [-0.2, -0.15) is 0 Å². The number of amides is 1. The van der Waals surface area contributed by atoms with Crippen LogP contribution in [0, 0.1) is 0 Å². The molecule has 0 unspecified atom stereocenters. The smallest absolute Gasteiger partial charge is 0.316 e. The lowest BCUT2D eigenvalue weighted by Gasteiger charge is -2.09. The van der Waals surface area contributed by atoms with Crippen LogP contribution < -0.4 is 21.8 Å². The molecule has 0 radical (unpaired) electrons. The van der Waals surface area contributed by atoms with Crippen LogP contribution in [0.2, 0.25) is 0 Å². The highest BCUT2D eigenvalue weighted by molar-refractivity contribution is 5.92. The van der Waals surface area contributed by atoms with E-state index in [0.29, 0.717) is 17.6 Å². The number of rotatable bonds is 2. The first-order valence-electron chi connectivity index (χ1n) is 6.03. The molecule has 0 bridgehead atoms. The number of hydrogen-bond donors (Lipinski definition) is 3. The molecule has 1 aromatic heterocycles. The van der Waals surface area contributed by atoms with Crippen molar-refractivity contribution in [3.8, 4) is 0 Å². The van der Waals surface area contributed by atoms with Gasteiger partial charge in [-0.05, 0) is 18.2 Å². The third-order valence-electron chi connectivity index (χ3n) is 3.17. The number of benzene rings is 1. The maximum Gasteiger partial charge on any atom is 0.316 e. The van der Waals surface area contributed by atoms with Crippen LogP contribution in [-0.4, -0.2) is 22.0 Å². The summed E-state index contributed by atoms with van der Waals surface area (Å²) in [5.41, 5.74) is 1.42. The zero-order valence-corrected chi connectivity index (χ0v) is 10.7. The van der Waals surface area contributed by atoms with Crippen molar-refractivity contribution in [1.82, 2.24) is 14.9 Å². The zero-order chi connectivity index (χ0) is 14.3. The molecule has 3 rings (SSSR count). The van der Waals surface area contributed by atoms with E-state index in [9.17, 15) is 14.4 Å². The highest BCUT2D eigenvalue weighted by Gasteiger charge is 2.11. The van der Waals surface area contributed by atoms with Crippen LogP contribution in [-0.2, 0) is 11.8 Å². The summed E-state index contributed by atoms with van der Waals surface area (Å²) in [4.78, 5) is 36.6.